The lowest BCUT2D eigenvalue weighted by atomic mass is 10.1. The van der Waals surface area contributed by atoms with Crippen LogP contribution in [-0.4, -0.2) is 53.1 Å². The Kier molecular flexibility index (Phi) is 29.2. The van der Waals surface area contributed by atoms with Crippen LogP contribution >= 0.6 is 7.60 Å². The molecule has 0 aromatic rings. The molecule has 0 aromatic carbocycles. The zero-order valence-electron chi connectivity index (χ0n) is 28.2. The van der Waals surface area contributed by atoms with Gasteiger partial charge in [0.25, 0.3) is 0 Å². The van der Waals surface area contributed by atoms with Crippen molar-refractivity contribution in [2.75, 3.05) is 19.4 Å². The van der Waals surface area contributed by atoms with Gasteiger partial charge in [0, 0.05) is 0 Å². The number of unbranched alkanes of at least 4 members (excludes halogenated alkanes) is 22. The van der Waals surface area contributed by atoms with E-state index in [2.05, 4.69) is 19.2 Å². The Morgan fingerprint density at radius 1 is 0.568 bits per heavy atom. The standard InChI is InChI=1S/C34H66NO8P/c1-3-5-7-9-11-13-15-17-19-21-23-25-27-42-33(37)29-31(35-32(36)30-44(39,40)41)34(38)43-28-26-24-22-20-18-16-14-12-10-8-6-4-2/h31H,3-30H2,1-2H3,(H,35,36)(H2,39,40,41)/t31-/m0/s1. The molecule has 260 valence electrons. The molecule has 0 spiro atoms. The molecule has 10 heteroatoms. The van der Waals surface area contributed by atoms with Crippen LogP contribution in [-0.2, 0) is 28.4 Å². The first-order valence-corrected chi connectivity index (χ1v) is 19.7. The van der Waals surface area contributed by atoms with Crippen molar-refractivity contribution >= 4 is 25.4 Å². The van der Waals surface area contributed by atoms with E-state index in [1.807, 2.05) is 0 Å². The number of esters is 2. The third kappa shape index (κ3) is 30.6. The maximum Gasteiger partial charge on any atom is 0.334 e. The molecule has 0 aliphatic carbocycles. The molecule has 1 amide bonds. The van der Waals surface area contributed by atoms with Crippen molar-refractivity contribution in [2.24, 2.45) is 0 Å². The topological polar surface area (TPSA) is 139 Å². The Labute approximate surface area is 268 Å². The van der Waals surface area contributed by atoms with Crippen molar-refractivity contribution in [3.8, 4) is 0 Å². The van der Waals surface area contributed by atoms with Crippen molar-refractivity contribution in [2.45, 2.75) is 180 Å². The molecule has 0 heterocycles. The van der Waals surface area contributed by atoms with E-state index in [1.165, 1.54) is 109 Å². The molecule has 0 aromatic heterocycles. The van der Waals surface area contributed by atoms with E-state index in [-0.39, 0.29) is 13.2 Å². The lowest BCUT2D eigenvalue weighted by Crippen LogP contribution is -2.44. The van der Waals surface area contributed by atoms with Crippen LogP contribution in [0.2, 0.25) is 0 Å². The number of nitrogens with one attached hydrogen (secondary N) is 1. The summed E-state index contributed by atoms with van der Waals surface area (Å²) in [6.45, 7) is 4.85. The van der Waals surface area contributed by atoms with Crippen molar-refractivity contribution < 1.29 is 38.2 Å². The Balaban J connectivity index is 4.19. The minimum absolute atomic E-state index is 0.162. The molecule has 0 radical (unpaired) electrons. The Morgan fingerprint density at radius 2 is 0.909 bits per heavy atom. The summed E-state index contributed by atoms with van der Waals surface area (Å²) in [6, 6.07) is -1.35. The average molecular weight is 648 g/mol. The van der Waals surface area contributed by atoms with E-state index in [0.29, 0.717) is 6.42 Å². The minimum atomic E-state index is -4.62. The number of carbonyl (C=O) groups is 3. The van der Waals surface area contributed by atoms with E-state index in [0.717, 1.165) is 38.5 Å². The van der Waals surface area contributed by atoms with Gasteiger partial charge in [0.15, 0.2) is 0 Å². The summed E-state index contributed by atoms with van der Waals surface area (Å²) in [6.07, 6.45) is 27.0. The number of hydrogen-bond acceptors (Lipinski definition) is 6. The first kappa shape index (κ1) is 42.6. The van der Waals surface area contributed by atoms with Crippen molar-refractivity contribution in [3.05, 3.63) is 0 Å². The first-order chi connectivity index (χ1) is 21.2. The largest absolute Gasteiger partial charge is 0.466 e. The monoisotopic (exact) mass is 647 g/mol. The summed E-state index contributed by atoms with van der Waals surface area (Å²) in [7, 11) is -4.62. The molecule has 44 heavy (non-hydrogen) atoms. The van der Waals surface area contributed by atoms with E-state index in [9.17, 15) is 18.9 Å². The fourth-order valence-electron chi connectivity index (χ4n) is 5.19. The van der Waals surface area contributed by atoms with Gasteiger partial charge in [0.05, 0.1) is 19.6 Å². The number of amides is 1. The van der Waals surface area contributed by atoms with Gasteiger partial charge in [0.2, 0.25) is 5.91 Å². The SMILES string of the molecule is CCCCCCCCCCCCCCOC(=O)C[C@H](NC(=O)CP(=O)(O)O)C(=O)OCCCCCCCCCCCCCC. The summed E-state index contributed by atoms with van der Waals surface area (Å²) in [4.78, 5) is 55.3. The number of carbonyl (C=O) groups excluding carboxylic acids is 3. The van der Waals surface area contributed by atoms with E-state index in [1.54, 1.807) is 0 Å². The predicted octanol–water partition coefficient (Wildman–Crippen LogP) is 8.53. The Morgan fingerprint density at radius 3 is 1.27 bits per heavy atom. The van der Waals surface area contributed by atoms with E-state index < -0.39 is 44.1 Å². The Bertz CT molecular complexity index is 758. The molecule has 3 N–H and O–H groups in total. The number of hydrogen-bond donors (Lipinski definition) is 3. The van der Waals surface area contributed by atoms with Crippen LogP contribution in [0.25, 0.3) is 0 Å². The summed E-state index contributed by atoms with van der Waals surface area (Å²) in [5, 5.41) is 2.24. The van der Waals surface area contributed by atoms with Crippen LogP contribution in [0.4, 0.5) is 0 Å². The smallest absolute Gasteiger partial charge is 0.334 e. The molecule has 0 saturated carbocycles. The highest BCUT2D eigenvalue weighted by atomic mass is 31.2. The summed E-state index contributed by atoms with van der Waals surface area (Å²) < 4.78 is 21.8. The van der Waals surface area contributed by atoms with Crippen LogP contribution < -0.4 is 5.32 Å². The van der Waals surface area contributed by atoms with Gasteiger partial charge in [-0.2, -0.15) is 0 Å². The highest BCUT2D eigenvalue weighted by Gasteiger charge is 2.28. The fourth-order valence-corrected chi connectivity index (χ4v) is 5.66. The lowest BCUT2D eigenvalue weighted by molar-refractivity contribution is -0.153. The molecule has 0 rings (SSSR count). The average Bonchev–Trinajstić information content (AvgIpc) is 2.96. The second-order valence-corrected chi connectivity index (χ2v) is 14.0. The van der Waals surface area contributed by atoms with E-state index in [4.69, 9.17) is 19.3 Å². The van der Waals surface area contributed by atoms with E-state index >= 15 is 0 Å². The summed E-state index contributed by atoms with van der Waals surface area (Å²) >= 11 is 0. The first-order valence-electron chi connectivity index (χ1n) is 17.9. The van der Waals surface area contributed by atoms with Crippen LogP contribution in [0, 0.1) is 0 Å². The Hall–Kier alpha value is -1.44. The van der Waals surface area contributed by atoms with Crippen LogP contribution in [0.1, 0.15) is 174 Å². The number of rotatable bonds is 32. The van der Waals surface area contributed by atoms with Crippen molar-refractivity contribution in [1.82, 2.24) is 5.32 Å². The van der Waals surface area contributed by atoms with Gasteiger partial charge in [-0.25, -0.2) is 4.79 Å². The third-order valence-corrected chi connectivity index (χ3v) is 8.54. The van der Waals surface area contributed by atoms with Crippen LogP contribution in [0.15, 0.2) is 0 Å². The zero-order valence-corrected chi connectivity index (χ0v) is 29.1. The third-order valence-electron chi connectivity index (χ3n) is 7.84. The molecule has 0 bridgehead atoms. The van der Waals surface area contributed by atoms with Gasteiger partial charge >= 0.3 is 19.5 Å². The van der Waals surface area contributed by atoms with Gasteiger partial charge in [-0.1, -0.05) is 155 Å². The lowest BCUT2D eigenvalue weighted by Gasteiger charge is -2.17. The molecule has 0 fully saturated rings. The molecule has 0 aliphatic heterocycles. The van der Waals surface area contributed by atoms with Gasteiger partial charge in [0.1, 0.15) is 12.2 Å². The summed E-state index contributed by atoms with van der Waals surface area (Å²) in [5.74, 6) is -2.47. The molecular formula is C34H66NO8P. The minimum Gasteiger partial charge on any atom is -0.466 e. The molecular weight excluding hydrogens is 581 g/mol. The van der Waals surface area contributed by atoms with Crippen molar-refractivity contribution in [1.29, 1.82) is 0 Å². The van der Waals surface area contributed by atoms with Crippen LogP contribution in [0.3, 0.4) is 0 Å². The van der Waals surface area contributed by atoms with Gasteiger partial charge < -0.3 is 24.6 Å². The summed E-state index contributed by atoms with van der Waals surface area (Å²) in [5.41, 5.74) is 0. The maximum atomic E-state index is 12.6. The molecule has 0 aliphatic rings. The van der Waals surface area contributed by atoms with Gasteiger partial charge in [-0.3, -0.25) is 14.2 Å². The predicted molar refractivity (Wildman–Crippen MR) is 178 cm³/mol. The normalized spacial score (nSPS) is 12.2. The molecule has 9 nitrogen and oxygen atoms in total. The second kappa shape index (κ2) is 30.2. The highest BCUT2D eigenvalue weighted by molar-refractivity contribution is 7.52. The molecule has 0 unspecified atom stereocenters. The quantitative estimate of drug-likeness (QED) is 0.0375. The maximum absolute atomic E-state index is 12.6. The molecule has 1 atom stereocenters. The second-order valence-electron chi connectivity index (χ2n) is 12.3. The highest BCUT2D eigenvalue weighted by Crippen LogP contribution is 2.33. The van der Waals surface area contributed by atoms with Gasteiger partial charge in [-0.15, -0.1) is 0 Å². The van der Waals surface area contributed by atoms with Gasteiger partial charge in [-0.05, 0) is 12.8 Å². The zero-order chi connectivity index (χ0) is 32.7. The van der Waals surface area contributed by atoms with Crippen molar-refractivity contribution in [3.63, 3.8) is 0 Å². The molecule has 0 saturated heterocycles. The number of ether oxygens (including phenoxy) is 2. The fraction of sp³-hybridized carbons (Fsp3) is 0.912. The van der Waals surface area contributed by atoms with Crippen LogP contribution in [0.5, 0.6) is 0 Å².